The molecule has 7 heteroatoms. The van der Waals surface area contributed by atoms with Gasteiger partial charge in [-0.25, -0.2) is 4.98 Å². The summed E-state index contributed by atoms with van der Waals surface area (Å²) < 4.78 is 0. The first-order chi connectivity index (χ1) is 11.0. The Balaban J connectivity index is 1.73. The number of amides is 2. The van der Waals surface area contributed by atoms with E-state index in [1.54, 1.807) is 6.92 Å². The van der Waals surface area contributed by atoms with Gasteiger partial charge in [-0.3, -0.25) is 9.59 Å². The van der Waals surface area contributed by atoms with Crippen LogP contribution < -0.4 is 10.6 Å². The molecule has 126 valence electrons. The number of anilines is 1. The fraction of sp³-hybridized carbons (Fsp3) is 0.688. The molecule has 2 atom stereocenters. The Morgan fingerprint density at radius 1 is 1.35 bits per heavy atom. The SMILES string of the molecule is CCNc1nc(C)c(C(=O)N2C[C@H](NC(C)=O)[C@@H](C3CC3)C2)s1. The van der Waals surface area contributed by atoms with E-state index in [4.69, 9.17) is 0 Å². The van der Waals surface area contributed by atoms with Gasteiger partial charge in [0.1, 0.15) is 4.88 Å². The molecule has 2 aliphatic rings. The number of carbonyl (C=O) groups is 2. The minimum absolute atomic E-state index is 0.0154. The predicted octanol–water partition coefficient (Wildman–Crippen LogP) is 1.87. The van der Waals surface area contributed by atoms with Gasteiger partial charge in [-0.1, -0.05) is 11.3 Å². The maximum absolute atomic E-state index is 12.9. The van der Waals surface area contributed by atoms with E-state index in [9.17, 15) is 9.59 Å². The normalized spacial score (nSPS) is 23.9. The van der Waals surface area contributed by atoms with Gasteiger partial charge in [0.05, 0.1) is 11.7 Å². The highest BCUT2D eigenvalue weighted by molar-refractivity contribution is 7.17. The number of hydrogen-bond acceptors (Lipinski definition) is 5. The zero-order valence-corrected chi connectivity index (χ0v) is 14.7. The van der Waals surface area contributed by atoms with Crippen molar-refractivity contribution in [3.05, 3.63) is 10.6 Å². The zero-order valence-electron chi connectivity index (χ0n) is 13.9. The third-order valence-electron chi connectivity index (χ3n) is 4.59. The van der Waals surface area contributed by atoms with Crippen molar-refractivity contribution in [3.8, 4) is 0 Å². The van der Waals surface area contributed by atoms with Gasteiger partial charge in [0.15, 0.2) is 5.13 Å². The number of carbonyl (C=O) groups excluding carboxylic acids is 2. The third kappa shape index (κ3) is 3.49. The highest BCUT2D eigenvalue weighted by atomic mass is 32.1. The second-order valence-corrected chi connectivity index (χ2v) is 7.48. The molecule has 1 aliphatic carbocycles. The van der Waals surface area contributed by atoms with Gasteiger partial charge in [-0.05, 0) is 32.6 Å². The van der Waals surface area contributed by atoms with Crippen LogP contribution in [0.1, 0.15) is 42.1 Å². The van der Waals surface area contributed by atoms with Crippen molar-refractivity contribution < 1.29 is 9.59 Å². The number of nitrogens with zero attached hydrogens (tertiary/aromatic N) is 2. The van der Waals surface area contributed by atoms with Crippen LogP contribution in [-0.2, 0) is 4.79 Å². The van der Waals surface area contributed by atoms with Gasteiger partial charge < -0.3 is 15.5 Å². The highest BCUT2D eigenvalue weighted by Crippen LogP contribution is 2.42. The zero-order chi connectivity index (χ0) is 16.6. The smallest absolute Gasteiger partial charge is 0.266 e. The molecular formula is C16H24N4O2S. The summed E-state index contributed by atoms with van der Waals surface area (Å²) in [5, 5.41) is 6.99. The molecule has 23 heavy (non-hydrogen) atoms. The van der Waals surface area contributed by atoms with Crippen LogP contribution in [-0.4, -0.2) is 47.4 Å². The number of aryl methyl sites for hydroxylation is 1. The molecule has 0 bridgehead atoms. The van der Waals surface area contributed by atoms with Gasteiger partial charge in [0.2, 0.25) is 5.91 Å². The van der Waals surface area contributed by atoms with Crippen molar-refractivity contribution in [1.82, 2.24) is 15.2 Å². The number of aromatic nitrogens is 1. The molecule has 1 aliphatic heterocycles. The molecule has 1 aromatic rings. The van der Waals surface area contributed by atoms with Gasteiger partial charge in [0, 0.05) is 32.5 Å². The van der Waals surface area contributed by atoms with Crippen LogP contribution >= 0.6 is 11.3 Å². The Labute approximate surface area is 140 Å². The van der Waals surface area contributed by atoms with Gasteiger partial charge >= 0.3 is 0 Å². The highest BCUT2D eigenvalue weighted by Gasteiger charge is 2.44. The number of thiazole rings is 1. The molecule has 2 heterocycles. The lowest BCUT2D eigenvalue weighted by Crippen LogP contribution is -2.40. The topological polar surface area (TPSA) is 74.3 Å². The quantitative estimate of drug-likeness (QED) is 0.861. The van der Waals surface area contributed by atoms with Crippen molar-refractivity contribution in [1.29, 1.82) is 0 Å². The van der Waals surface area contributed by atoms with Crippen molar-refractivity contribution in [3.63, 3.8) is 0 Å². The summed E-state index contributed by atoms with van der Waals surface area (Å²) in [6.45, 7) is 7.57. The second kappa shape index (κ2) is 6.47. The molecule has 3 rings (SSSR count). The molecule has 6 nitrogen and oxygen atoms in total. The number of hydrogen-bond donors (Lipinski definition) is 2. The fourth-order valence-corrected chi connectivity index (χ4v) is 4.38. The summed E-state index contributed by atoms with van der Waals surface area (Å²) in [6, 6.07) is 0.0883. The molecule has 1 saturated heterocycles. The van der Waals surface area contributed by atoms with Crippen LogP contribution in [0.4, 0.5) is 5.13 Å². The Morgan fingerprint density at radius 3 is 2.70 bits per heavy atom. The van der Waals surface area contributed by atoms with E-state index in [-0.39, 0.29) is 17.9 Å². The van der Waals surface area contributed by atoms with E-state index in [1.165, 1.54) is 24.2 Å². The first kappa shape index (κ1) is 16.2. The van der Waals surface area contributed by atoms with Gasteiger partial charge in [-0.15, -0.1) is 0 Å². The van der Waals surface area contributed by atoms with Crippen molar-refractivity contribution in [2.24, 2.45) is 11.8 Å². The summed E-state index contributed by atoms with van der Waals surface area (Å²) in [6.07, 6.45) is 2.43. The van der Waals surface area contributed by atoms with Crippen LogP contribution in [0.25, 0.3) is 0 Å². The number of nitrogens with one attached hydrogen (secondary N) is 2. The third-order valence-corrected chi connectivity index (χ3v) is 5.69. The standard InChI is InChI=1S/C16H24N4O2S/c1-4-17-16-18-9(2)14(23-16)15(22)20-7-12(11-5-6-11)13(8-20)19-10(3)21/h11-13H,4-8H2,1-3H3,(H,17,18)(H,19,21)/t12-,13+/m1/s1. The van der Waals surface area contributed by atoms with E-state index in [2.05, 4.69) is 15.6 Å². The molecular weight excluding hydrogens is 312 g/mol. The van der Waals surface area contributed by atoms with Crippen LogP contribution in [0.15, 0.2) is 0 Å². The van der Waals surface area contributed by atoms with Crippen LogP contribution in [0.5, 0.6) is 0 Å². The molecule has 1 aromatic heterocycles. The Hall–Kier alpha value is -1.63. The number of rotatable bonds is 5. The van der Waals surface area contributed by atoms with Crippen LogP contribution in [0, 0.1) is 18.8 Å². The molecule has 0 spiro atoms. The summed E-state index contributed by atoms with van der Waals surface area (Å²) in [5.74, 6) is 1.08. The average Bonchev–Trinajstić information content (AvgIpc) is 3.15. The van der Waals surface area contributed by atoms with E-state index in [0.717, 1.165) is 23.9 Å². The average molecular weight is 336 g/mol. The fourth-order valence-electron chi connectivity index (χ4n) is 3.38. The Bertz CT molecular complexity index is 611. The summed E-state index contributed by atoms with van der Waals surface area (Å²) >= 11 is 1.42. The largest absolute Gasteiger partial charge is 0.362 e. The molecule has 0 radical (unpaired) electrons. The summed E-state index contributed by atoms with van der Waals surface area (Å²) in [5.41, 5.74) is 0.780. The molecule has 0 aromatic carbocycles. The maximum Gasteiger partial charge on any atom is 0.266 e. The molecule has 2 fully saturated rings. The van der Waals surface area contributed by atoms with Crippen molar-refractivity contribution in [2.75, 3.05) is 25.0 Å². The maximum atomic E-state index is 12.9. The molecule has 1 saturated carbocycles. The minimum atomic E-state index is -0.0154. The monoisotopic (exact) mass is 336 g/mol. The molecule has 2 N–H and O–H groups in total. The molecule has 2 amide bonds. The second-order valence-electron chi connectivity index (χ2n) is 6.48. The first-order valence-corrected chi connectivity index (χ1v) is 9.09. The van der Waals surface area contributed by atoms with E-state index in [1.807, 2.05) is 18.7 Å². The van der Waals surface area contributed by atoms with Crippen LogP contribution in [0.2, 0.25) is 0 Å². The molecule has 0 unspecified atom stereocenters. The lowest BCUT2D eigenvalue weighted by atomic mass is 9.98. The van der Waals surface area contributed by atoms with Gasteiger partial charge in [-0.2, -0.15) is 0 Å². The van der Waals surface area contributed by atoms with Crippen molar-refractivity contribution in [2.45, 2.75) is 39.7 Å². The predicted molar refractivity (Wildman–Crippen MR) is 90.7 cm³/mol. The van der Waals surface area contributed by atoms with Crippen LogP contribution in [0.3, 0.4) is 0 Å². The van der Waals surface area contributed by atoms with Gasteiger partial charge in [0.25, 0.3) is 5.91 Å². The van der Waals surface area contributed by atoms with Crippen molar-refractivity contribution >= 4 is 28.3 Å². The van der Waals surface area contributed by atoms with E-state index in [0.29, 0.717) is 23.3 Å². The lowest BCUT2D eigenvalue weighted by Gasteiger charge is -2.17. The van der Waals surface area contributed by atoms with E-state index < -0.39 is 0 Å². The first-order valence-electron chi connectivity index (χ1n) is 8.27. The summed E-state index contributed by atoms with van der Waals surface area (Å²) in [4.78, 5) is 31.3. The Morgan fingerprint density at radius 2 is 2.09 bits per heavy atom. The Kier molecular flexibility index (Phi) is 4.57. The number of likely N-dealkylation sites (tertiary alicyclic amines) is 1. The lowest BCUT2D eigenvalue weighted by molar-refractivity contribution is -0.119. The summed E-state index contributed by atoms with van der Waals surface area (Å²) in [7, 11) is 0. The minimum Gasteiger partial charge on any atom is -0.362 e. The van der Waals surface area contributed by atoms with E-state index >= 15 is 0 Å².